The molecule has 1 rings (SSSR count). The van der Waals surface area contributed by atoms with E-state index in [-0.39, 0.29) is 12.5 Å². The van der Waals surface area contributed by atoms with Crippen molar-refractivity contribution in [2.75, 3.05) is 13.2 Å². The summed E-state index contributed by atoms with van der Waals surface area (Å²) in [5, 5.41) is 11.4. The minimum absolute atomic E-state index is 0.194. The Morgan fingerprint density at radius 2 is 2.41 bits per heavy atom. The third-order valence-corrected chi connectivity index (χ3v) is 2.66. The molecule has 1 atom stereocenters. The van der Waals surface area contributed by atoms with Crippen molar-refractivity contribution in [3.63, 3.8) is 0 Å². The molecule has 0 bridgehead atoms. The molecule has 5 heteroatoms. The van der Waals surface area contributed by atoms with E-state index in [4.69, 9.17) is 9.84 Å². The van der Waals surface area contributed by atoms with Crippen LogP contribution in [-0.2, 0) is 9.53 Å². The number of allylic oxidation sites excluding steroid dienone is 1. The molecule has 0 aromatic carbocycles. The van der Waals surface area contributed by atoms with Crippen LogP contribution in [0.4, 0.5) is 4.79 Å². The number of amides is 1. The van der Waals surface area contributed by atoms with Crippen LogP contribution in [0.1, 0.15) is 19.3 Å². The summed E-state index contributed by atoms with van der Waals surface area (Å²) in [5.74, 6) is -0.559. The molecule has 1 unspecified atom stereocenters. The third kappa shape index (κ3) is 4.72. The summed E-state index contributed by atoms with van der Waals surface area (Å²) in [6, 6.07) is 0. The molecule has 1 aliphatic rings. The molecule has 0 aromatic heterocycles. The highest BCUT2D eigenvalue weighted by molar-refractivity contribution is 5.86. The Hall–Kier alpha value is -1.78. The molecule has 94 valence electrons. The van der Waals surface area contributed by atoms with E-state index >= 15 is 0 Å². The van der Waals surface area contributed by atoms with Crippen LogP contribution in [0.3, 0.4) is 0 Å². The van der Waals surface area contributed by atoms with Gasteiger partial charge < -0.3 is 15.2 Å². The van der Waals surface area contributed by atoms with Crippen molar-refractivity contribution < 1.29 is 19.4 Å². The number of hydrogen-bond acceptors (Lipinski definition) is 3. The Labute approximate surface area is 100 Å². The van der Waals surface area contributed by atoms with Crippen LogP contribution in [0.5, 0.6) is 0 Å². The van der Waals surface area contributed by atoms with Crippen LogP contribution in [0.15, 0.2) is 24.3 Å². The quantitative estimate of drug-likeness (QED) is 0.716. The lowest BCUT2D eigenvalue weighted by Crippen LogP contribution is -2.30. The van der Waals surface area contributed by atoms with Crippen LogP contribution in [-0.4, -0.2) is 30.3 Å². The van der Waals surface area contributed by atoms with Gasteiger partial charge in [0.2, 0.25) is 0 Å². The molecule has 0 heterocycles. The average molecular weight is 239 g/mol. The first-order valence-electron chi connectivity index (χ1n) is 5.57. The fraction of sp³-hybridized carbons (Fsp3) is 0.500. The maximum atomic E-state index is 11.1. The summed E-state index contributed by atoms with van der Waals surface area (Å²) in [4.78, 5) is 21.8. The summed E-state index contributed by atoms with van der Waals surface area (Å²) < 4.78 is 4.76. The van der Waals surface area contributed by atoms with Gasteiger partial charge in [0.25, 0.3) is 0 Å². The van der Waals surface area contributed by atoms with Gasteiger partial charge in [-0.05, 0) is 25.2 Å². The maximum Gasteiger partial charge on any atom is 0.407 e. The SMILES string of the molecule is C=CCOC(=O)NCC1CC=C(C(=O)O)CC1. The number of carbonyl (C=O) groups excluding carboxylic acids is 1. The lowest BCUT2D eigenvalue weighted by atomic mass is 9.89. The Bertz CT molecular complexity index is 335. The van der Waals surface area contributed by atoms with Crippen LogP contribution in [0.2, 0.25) is 0 Å². The first-order chi connectivity index (χ1) is 8.13. The van der Waals surface area contributed by atoms with E-state index in [1.165, 1.54) is 6.08 Å². The molecule has 0 saturated carbocycles. The fourth-order valence-electron chi connectivity index (χ4n) is 1.68. The summed E-state index contributed by atoms with van der Waals surface area (Å²) in [7, 11) is 0. The molecule has 17 heavy (non-hydrogen) atoms. The number of alkyl carbamates (subject to hydrolysis) is 1. The number of rotatable bonds is 5. The van der Waals surface area contributed by atoms with E-state index in [0.29, 0.717) is 25.0 Å². The minimum atomic E-state index is -0.846. The van der Waals surface area contributed by atoms with Gasteiger partial charge in [0, 0.05) is 12.1 Å². The molecular weight excluding hydrogens is 222 g/mol. The van der Waals surface area contributed by atoms with E-state index in [1.54, 1.807) is 6.08 Å². The zero-order chi connectivity index (χ0) is 12.7. The van der Waals surface area contributed by atoms with Crippen molar-refractivity contribution >= 4 is 12.1 Å². The second-order valence-electron chi connectivity index (χ2n) is 3.94. The third-order valence-electron chi connectivity index (χ3n) is 2.66. The highest BCUT2D eigenvalue weighted by Gasteiger charge is 2.18. The van der Waals surface area contributed by atoms with Crippen molar-refractivity contribution in [2.45, 2.75) is 19.3 Å². The van der Waals surface area contributed by atoms with E-state index in [1.807, 2.05) is 0 Å². The number of ether oxygens (including phenoxy) is 1. The molecule has 0 spiro atoms. The summed E-state index contributed by atoms with van der Waals surface area (Å²) in [6.45, 7) is 4.15. The molecule has 0 fully saturated rings. The zero-order valence-corrected chi connectivity index (χ0v) is 9.65. The number of carbonyl (C=O) groups is 2. The molecule has 0 aliphatic heterocycles. The number of nitrogens with one attached hydrogen (secondary N) is 1. The highest BCUT2D eigenvalue weighted by Crippen LogP contribution is 2.22. The van der Waals surface area contributed by atoms with Gasteiger partial charge in [-0.25, -0.2) is 9.59 Å². The van der Waals surface area contributed by atoms with Crippen molar-refractivity contribution in [3.05, 3.63) is 24.3 Å². The van der Waals surface area contributed by atoms with Crippen LogP contribution in [0.25, 0.3) is 0 Å². The van der Waals surface area contributed by atoms with Crippen molar-refractivity contribution in [2.24, 2.45) is 5.92 Å². The minimum Gasteiger partial charge on any atom is -0.478 e. The largest absolute Gasteiger partial charge is 0.478 e. The van der Waals surface area contributed by atoms with Crippen molar-refractivity contribution in [3.8, 4) is 0 Å². The molecule has 0 saturated heterocycles. The first kappa shape index (κ1) is 13.3. The molecule has 0 aromatic rings. The van der Waals surface area contributed by atoms with Gasteiger partial charge in [0.15, 0.2) is 0 Å². The van der Waals surface area contributed by atoms with E-state index in [9.17, 15) is 9.59 Å². The molecule has 0 radical (unpaired) electrons. The van der Waals surface area contributed by atoms with Crippen molar-refractivity contribution in [1.29, 1.82) is 0 Å². The Balaban J connectivity index is 2.24. The fourth-order valence-corrected chi connectivity index (χ4v) is 1.68. The zero-order valence-electron chi connectivity index (χ0n) is 9.65. The van der Waals surface area contributed by atoms with Gasteiger partial charge in [-0.15, -0.1) is 0 Å². The molecular formula is C12H17NO4. The standard InChI is InChI=1S/C12H17NO4/c1-2-7-17-12(16)13-8-9-3-5-10(6-4-9)11(14)15/h2,5,9H,1,3-4,6-8H2,(H,13,16)(H,14,15). The van der Waals surface area contributed by atoms with Gasteiger partial charge in [0.05, 0.1) is 0 Å². The predicted octanol–water partition coefficient (Wildman–Crippen LogP) is 1.71. The average Bonchev–Trinajstić information content (AvgIpc) is 2.34. The predicted molar refractivity (Wildman–Crippen MR) is 62.6 cm³/mol. The number of aliphatic carboxylic acids is 1. The lowest BCUT2D eigenvalue weighted by molar-refractivity contribution is -0.132. The maximum absolute atomic E-state index is 11.1. The summed E-state index contributed by atoms with van der Waals surface area (Å²) >= 11 is 0. The Kier molecular flexibility index (Phi) is 5.26. The normalized spacial score (nSPS) is 19.1. The topological polar surface area (TPSA) is 75.6 Å². The molecule has 2 N–H and O–H groups in total. The van der Waals surface area contributed by atoms with Gasteiger partial charge in [-0.3, -0.25) is 0 Å². The van der Waals surface area contributed by atoms with Crippen molar-refractivity contribution in [1.82, 2.24) is 5.32 Å². The first-order valence-corrected chi connectivity index (χ1v) is 5.57. The molecule has 5 nitrogen and oxygen atoms in total. The highest BCUT2D eigenvalue weighted by atomic mass is 16.5. The monoisotopic (exact) mass is 239 g/mol. The molecule has 1 aliphatic carbocycles. The van der Waals surface area contributed by atoms with Gasteiger partial charge in [-0.1, -0.05) is 18.7 Å². The van der Waals surface area contributed by atoms with Crippen LogP contribution < -0.4 is 5.32 Å². The van der Waals surface area contributed by atoms with Gasteiger partial charge in [0.1, 0.15) is 6.61 Å². The summed E-state index contributed by atoms with van der Waals surface area (Å²) in [5.41, 5.74) is 0.468. The number of hydrogen-bond donors (Lipinski definition) is 2. The Morgan fingerprint density at radius 1 is 1.65 bits per heavy atom. The van der Waals surface area contributed by atoms with Crippen LogP contribution in [0, 0.1) is 5.92 Å². The van der Waals surface area contributed by atoms with E-state index in [2.05, 4.69) is 11.9 Å². The number of carboxylic acid groups (broad SMARTS) is 1. The van der Waals surface area contributed by atoms with Gasteiger partial charge >= 0.3 is 12.1 Å². The molecule has 1 amide bonds. The number of carboxylic acids is 1. The Morgan fingerprint density at radius 3 is 2.94 bits per heavy atom. The van der Waals surface area contributed by atoms with Crippen LogP contribution >= 0.6 is 0 Å². The van der Waals surface area contributed by atoms with E-state index in [0.717, 1.165) is 6.42 Å². The second kappa shape index (κ2) is 6.73. The smallest absolute Gasteiger partial charge is 0.407 e. The van der Waals surface area contributed by atoms with Gasteiger partial charge in [-0.2, -0.15) is 0 Å². The lowest BCUT2D eigenvalue weighted by Gasteiger charge is -2.20. The van der Waals surface area contributed by atoms with E-state index < -0.39 is 12.1 Å². The second-order valence-corrected chi connectivity index (χ2v) is 3.94. The summed E-state index contributed by atoms with van der Waals surface area (Å²) in [6.07, 6.45) is 4.79.